The summed E-state index contributed by atoms with van der Waals surface area (Å²) in [5.74, 6) is -2.02. The maximum absolute atomic E-state index is 13.4. The Morgan fingerprint density at radius 3 is 2.70 bits per heavy atom. The molecule has 0 bridgehead atoms. The molecular weight excluding hydrogens is 285 g/mol. The predicted octanol–water partition coefficient (Wildman–Crippen LogP) is 1.55. The number of benzene rings is 1. The zero-order valence-electron chi connectivity index (χ0n) is 10.6. The van der Waals surface area contributed by atoms with Crippen LogP contribution in [0.15, 0.2) is 23.3 Å². The minimum absolute atomic E-state index is 0.0584. The molecule has 1 aliphatic heterocycles. The van der Waals surface area contributed by atoms with E-state index in [0.717, 1.165) is 19.1 Å². The summed E-state index contributed by atoms with van der Waals surface area (Å²) in [4.78, 5) is 24.7. The molecule has 1 aromatic carbocycles. The maximum atomic E-state index is 13.4. The second kappa shape index (κ2) is 6.47. The van der Waals surface area contributed by atoms with Gasteiger partial charge >= 0.3 is 11.8 Å². The van der Waals surface area contributed by atoms with E-state index in [1.54, 1.807) is 0 Å². The van der Waals surface area contributed by atoms with E-state index in [0.29, 0.717) is 13.1 Å². The Balaban J connectivity index is 1.96. The first-order chi connectivity index (χ1) is 9.59. The number of nitrogens with one attached hydrogen (secondary N) is 1. The van der Waals surface area contributed by atoms with Gasteiger partial charge in [0.05, 0.1) is 11.2 Å². The minimum Gasteiger partial charge on any atom is -0.334 e. The summed E-state index contributed by atoms with van der Waals surface area (Å²) in [6.07, 6.45) is 2.87. The zero-order valence-corrected chi connectivity index (χ0v) is 11.4. The number of amides is 2. The normalized spacial score (nSPS) is 14.8. The number of rotatable bonds is 2. The van der Waals surface area contributed by atoms with Crippen molar-refractivity contribution in [1.29, 1.82) is 0 Å². The largest absolute Gasteiger partial charge is 0.334 e. The molecule has 1 aliphatic rings. The fourth-order valence-corrected chi connectivity index (χ4v) is 2.11. The third-order valence-corrected chi connectivity index (χ3v) is 3.28. The van der Waals surface area contributed by atoms with Crippen LogP contribution in [-0.4, -0.2) is 36.0 Å². The van der Waals surface area contributed by atoms with E-state index in [9.17, 15) is 14.0 Å². The molecule has 0 radical (unpaired) electrons. The van der Waals surface area contributed by atoms with Crippen molar-refractivity contribution in [3.63, 3.8) is 0 Å². The van der Waals surface area contributed by atoms with Crippen LogP contribution in [-0.2, 0) is 9.59 Å². The van der Waals surface area contributed by atoms with Crippen molar-refractivity contribution in [3.05, 3.63) is 34.6 Å². The van der Waals surface area contributed by atoms with E-state index < -0.39 is 17.6 Å². The van der Waals surface area contributed by atoms with Crippen LogP contribution >= 0.6 is 11.6 Å². The quantitative estimate of drug-likeness (QED) is 0.511. The molecule has 106 valence electrons. The highest BCUT2D eigenvalue weighted by Gasteiger charge is 2.23. The molecule has 0 spiro atoms. The second-order valence-electron chi connectivity index (χ2n) is 4.33. The van der Waals surface area contributed by atoms with Crippen LogP contribution < -0.4 is 5.43 Å². The van der Waals surface area contributed by atoms with Crippen LogP contribution in [0.5, 0.6) is 0 Å². The lowest BCUT2D eigenvalue weighted by Gasteiger charge is -2.12. The standard InChI is InChI=1S/C13H13ClFN3O2/c14-10-4-3-5-11(15)9(10)8-16-17-12(19)13(20)18-6-1-2-7-18/h3-5,8H,1-2,6-7H2,(H,17,19)/b16-8+. The van der Waals surface area contributed by atoms with Crippen LogP contribution in [0.3, 0.4) is 0 Å². The van der Waals surface area contributed by atoms with Gasteiger partial charge < -0.3 is 4.90 Å². The molecule has 1 heterocycles. The number of hydrogen-bond donors (Lipinski definition) is 1. The van der Waals surface area contributed by atoms with Crippen molar-refractivity contribution in [2.24, 2.45) is 5.10 Å². The second-order valence-corrected chi connectivity index (χ2v) is 4.74. The van der Waals surface area contributed by atoms with E-state index in [4.69, 9.17) is 11.6 Å². The van der Waals surface area contributed by atoms with Gasteiger partial charge in [0.15, 0.2) is 0 Å². The molecule has 7 heteroatoms. The van der Waals surface area contributed by atoms with E-state index in [-0.39, 0.29) is 10.6 Å². The Hall–Kier alpha value is -1.95. The molecule has 0 unspecified atom stereocenters. The molecule has 1 fully saturated rings. The van der Waals surface area contributed by atoms with Gasteiger partial charge in [-0.3, -0.25) is 9.59 Å². The highest BCUT2D eigenvalue weighted by molar-refractivity contribution is 6.35. The third kappa shape index (κ3) is 3.33. The molecule has 20 heavy (non-hydrogen) atoms. The molecule has 1 N–H and O–H groups in total. The number of hydrogen-bond acceptors (Lipinski definition) is 3. The van der Waals surface area contributed by atoms with Gasteiger partial charge in [0.2, 0.25) is 0 Å². The number of carbonyl (C=O) groups excluding carboxylic acids is 2. The lowest BCUT2D eigenvalue weighted by atomic mass is 10.2. The molecule has 0 aliphatic carbocycles. The number of carbonyl (C=O) groups is 2. The van der Waals surface area contributed by atoms with Crippen molar-refractivity contribution < 1.29 is 14.0 Å². The topological polar surface area (TPSA) is 61.8 Å². The van der Waals surface area contributed by atoms with Crippen LogP contribution in [0.25, 0.3) is 0 Å². The van der Waals surface area contributed by atoms with E-state index >= 15 is 0 Å². The summed E-state index contributed by atoms with van der Waals surface area (Å²) in [6, 6.07) is 4.19. The summed E-state index contributed by atoms with van der Waals surface area (Å²) < 4.78 is 13.4. The van der Waals surface area contributed by atoms with Crippen molar-refractivity contribution in [3.8, 4) is 0 Å². The number of likely N-dealkylation sites (tertiary alicyclic amines) is 1. The van der Waals surface area contributed by atoms with Gasteiger partial charge in [-0.25, -0.2) is 9.82 Å². The molecule has 0 aromatic heterocycles. The molecule has 2 rings (SSSR count). The fraction of sp³-hybridized carbons (Fsp3) is 0.308. The Labute approximate surface area is 120 Å². The Bertz CT molecular complexity index is 536. The van der Waals surface area contributed by atoms with Gasteiger partial charge in [0.25, 0.3) is 0 Å². The van der Waals surface area contributed by atoms with Gasteiger partial charge in [-0.05, 0) is 25.0 Å². The lowest BCUT2D eigenvalue weighted by molar-refractivity contribution is -0.145. The lowest BCUT2D eigenvalue weighted by Crippen LogP contribution is -2.39. The van der Waals surface area contributed by atoms with Crippen molar-refractivity contribution in [2.45, 2.75) is 12.8 Å². The third-order valence-electron chi connectivity index (χ3n) is 2.95. The summed E-state index contributed by atoms with van der Waals surface area (Å²) in [5, 5.41) is 3.73. The number of hydrazone groups is 1. The van der Waals surface area contributed by atoms with Gasteiger partial charge in [-0.15, -0.1) is 0 Å². The summed E-state index contributed by atoms with van der Waals surface area (Å²) in [6.45, 7) is 1.16. The monoisotopic (exact) mass is 297 g/mol. The first-order valence-electron chi connectivity index (χ1n) is 6.16. The molecule has 2 amide bonds. The Kier molecular flexibility index (Phi) is 4.68. The molecule has 0 saturated carbocycles. The van der Waals surface area contributed by atoms with Crippen LogP contribution in [0.2, 0.25) is 5.02 Å². The Morgan fingerprint density at radius 1 is 1.35 bits per heavy atom. The summed E-state index contributed by atoms with van der Waals surface area (Å²) in [7, 11) is 0. The van der Waals surface area contributed by atoms with Gasteiger partial charge in [-0.1, -0.05) is 17.7 Å². The van der Waals surface area contributed by atoms with Gasteiger partial charge in [-0.2, -0.15) is 5.10 Å². The molecule has 1 aromatic rings. The van der Waals surface area contributed by atoms with Crippen molar-refractivity contribution >= 4 is 29.6 Å². The predicted molar refractivity (Wildman–Crippen MR) is 73.0 cm³/mol. The molecular formula is C13H13ClFN3O2. The molecule has 1 saturated heterocycles. The molecule has 5 nitrogen and oxygen atoms in total. The van der Waals surface area contributed by atoms with E-state index in [1.165, 1.54) is 23.1 Å². The first kappa shape index (κ1) is 14.5. The highest BCUT2D eigenvalue weighted by Crippen LogP contribution is 2.16. The van der Waals surface area contributed by atoms with Crippen LogP contribution in [0.4, 0.5) is 4.39 Å². The Morgan fingerprint density at radius 2 is 2.05 bits per heavy atom. The van der Waals surface area contributed by atoms with E-state index in [2.05, 4.69) is 10.5 Å². The minimum atomic E-state index is -0.837. The van der Waals surface area contributed by atoms with Crippen LogP contribution in [0, 0.1) is 5.82 Å². The SMILES string of the molecule is O=C(N/N=C/c1c(F)cccc1Cl)C(=O)N1CCCC1. The van der Waals surface area contributed by atoms with Crippen molar-refractivity contribution in [2.75, 3.05) is 13.1 Å². The zero-order chi connectivity index (χ0) is 14.5. The number of nitrogens with zero attached hydrogens (tertiary/aromatic N) is 2. The molecule has 0 atom stereocenters. The first-order valence-corrected chi connectivity index (χ1v) is 6.53. The summed E-state index contributed by atoms with van der Waals surface area (Å²) in [5.41, 5.74) is 2.13. The van der Waals surface area contributed by atoms with Crippen LogP contribution in [0.1, 0.15) is 18.4 Å². The summed E-state index contributed by atoms with van der Waals surface area (Å²) >= 11 is 5.79. The van der Waals surface area contributed by atoms with Gasteiger partial charge in [0, 0.05) is 18.7 Å². The van der Waals surface area contributed by atoms with E-state index in [1.807, 2.05) is 0 Å². The van der Waals surface area contributed by atoms with Crippen molar-refractivity contribution in [1.82, 2.24) is 10.3 Å². The van der Waals surface area contributed by atoms with Gasteiger partial charge in [0.1, 0.15) is 5.82 Å². The fourth-order valence-electron chi connectivity index (χ4n) is 1.90. The number of halogens is 2. The average molecular weight is 298 g/mol. The average Bonchev–Trinajstić information content (AvgIpc) is 2.95. The highest BCUT2D eigenvalue weighted by atomic mass is 35.5. The maximum Gasteiger partial charge on any atom is 0.329 e. The smallest absolute Gasteiger partial charge is 0.329 e.